The fraction of sp³-hybridized carbons (Fsp3) is 0. The van der Waals surface area contributed by atoms with Crippen molar-refractivity contribution in [2.75, 3.05) is 0 Å². The lowest BCUT2D eigenvalue weighted by Gasteiger charge is -1.91. The average molecular weight is 157 g/mol. The minimum Gasteiger partial charge on any atom is -0.411 e. The standard InChI is InChI=1S/C6H5ClN2O/c7-5-2-1-3-8-6(5)4-9-10/h1-4,10H/b9-4+. The predicted molar refractivity (Wildman–Crippen MR) is 38.6 cm³/mol. The molecule has 0 amide bonds. The van der Waals surface area contributed by atoms with Gasteiger partial charge < -0.3 is 5.21 Å². The third-order valence-electron chi connectivity index (χ3n) is 0.967. The van der Waals surface area contributed by atoms with Crippen LogP contribution in [0.15, 0.2) is 23.5 Å². The predicted octanol–water partition coefficient (Wildman–Crippen LogP) is 1.54. The summed E-state index contributed by atoms with van der Waals surface area (Å²) in [5.74, 6) is 0. The van der Waals surface area contributed by atoms with Crippen LogP contribution in [-0.2, 0) is 0 Å². The van der Waals surface area contributed by atoms with Gasteiger partial charge in [0.05, 0.1) is 11.2 Å². The van der Waals surface area contributed by atoms with Gasteiger partial charge >= 0.3 is 0 Å². The Balaban J connectivity index is 3.03. The van der Waals surface area contributed by atoms with Crippen molar-refractivity contribution in [2.45, 2.75) is 0 Å². The zero-order chi connectivity index (χ0) is 7.40. The molecule has 4 heteroatoms. The molecule has 0 unspecified atom stereocenters. The Hall–Kier alpha value is -1.09. The largest absolute Gasteiger partial charge is 0.411 e. The summed E-state index contributed by atoms with van der Waals surface area (Å²) >= 11 is 5.64. The van der Waals surface area contributed by atoms with E-state index in [1.54, 1.807) is 18.3 Å². The molecule has 0 spiro atoms. The van der Waals surface area contributed by atoms with Gasteiger partial charge in [0.1, 0.15) is 5.69 Å². The zero-order valence-corrected chi connectivity index (χ0v) is 5.78. The first kappa shape index (κ1) is 7.02. The summed E-state index contributed by atoms with van der Waals surface area (Å²) in [4.78, 5) is 3.83. The second kappa shape index (κ2) is 3.17. The molecule has 1 aromatic rings. The normalized spacial score (nSPS) is 10.5. The molecule has 0 aliphatic carbocycles. The second-order valence-corrected chi connectivity index (χ2v) is 2.02. The molecule has 0 fully saturated rings. The van der Waals surface area contributed by atoms with Crippen molar-refractivity contribution in [3.8, 4) is 0 Å². The van der Waals surface area contributed by atoms with Crippen molar-refractivity contribution in [1.29, 1.82) is 0 Å². The molecule has 0 aliphatic rings. The van der Waals surface area contributed by atoms with Crippen LogP contribution in [-0.4, -0.2) is 16.4 Å². The highest BCUT2D eigenvalue weighted by molar-refractivity contribution is 6.32. The molecular weight excluding hydrogens is 152 g/mol. The minimum absolute atomic E-state index is 0.465. The van der Waals surface area contributed by atoms with Gasteiger partial charge in [0, 0.05) is 6.20 Å². The van der Waals surface area contributed by atoms with Crippen LogP contribution in [0, 0.1) is 0 Å². The Bertz CT molecular complexity index is 249. The van der Waals surface area contributed by atoms with E-state index in [4.69, 9.17) is 16.8 Å². The first-order chi connectivity index (χ1) is 4.84. The first-order valence-corrected chi connectivity index (χ1v) is 3.00. The molecule has 0 saturated heterocycles. The van der Waals surface area contributed by atoms with Crippen molar-refractivity contribution in [3.05, 3.63) is 29.0 Å². The highest BCUT2D eigenvalue weighted by atomic mass is 35.5. The highest BCUT2D eigenvalue weighted by Crippen LogP contribution is 2.08. The number of oxime groups is 1. The highest BCUT2D eigenvalue weighted by Gasteiger charge is 1.94. The summed E-state index contributed by atoms with van der Waals surface area (Å²) in [7, 11) is 0. The Morgan fingerprint density at radius 1 is 1.70 bits per heavy atom. The third-order valence-corrected chi connectivity index (χ3v) is 1.29. The van der Waals surface area contributed by atoms with Gasteiger partial charge in [-0.1, -0.05) is 16.8 Å². The van der Waals surface area contributed by atoms with E-state index in [1.807, 2.05) is 0 Å². The van der Waals surface area contributed by atoms with Crippen LogP contribution in [0.2, 0.25) is 5.02 Å². The Kier molecular flexibility index (Phi) is 2.23. The SMILES string of the molecule is O/N=C/c1ncccc1Cl. The Morgan fingerprint density at radius 3 is 3.10 bits per heavy atom. The van der Waals surface area contributed by atoms with Gasteiger partial charge in [-0.05, 0) is 12.1 Å². The van der Waals surface area contributed by atoms with Gasteiger partial charge in [-0.2, -0.15) is 0 Å². The van der Waals surface area contributed by atoms with E-state index in [0.717, 1.165) is 0 Å². The molecule has 0 bridgehead atoms. The maximum absolute atomic E-state index is 8.11. The van der Waals surface area contributed by atoms with Crippen LogP contribution in [0.25, 0.3) is 0 Å². The lowest BCUT2D eigenvalue weighted by Crippen LogP contribution is -1.86. The quantitative estimate of drug-likeness (QED) is 0.381. The molecule has 1 rings (SSSR count). The summed E-state index contributed by atoms with van der Waals surface area (Å²) in [5, 5.41) is 11.4. The van der Waals surface area contributed by atoms with E-state index < -0.39 is 0 Å². The van der Waals surface area contributed by atoms with Gasteiger partial charge in [-0.25, -0.2) is 0 Å². The Morgan fingerprint density at radius 2 is 2.50 bits per heavy atom. The average Bonchev–Trinajstić information content (AvgIpc) is 1.94. The topological polar surface area (TPSA) is 45.5 Å². The number of aromatic nitrogens is 1. The lowest BCUT2D eigenvalue weighted by atomic mass is 10.4. The van der Waals surface area contributed by atoms with Gasteiger partial charge in [-0.3, -0.25) is 4.98 Å². The molecule has 0 atom stereocenters. The molecule has 0 aromatic carbocycles. The van der Waals surface area contributed by atoms with E-state index in [2.05, 4.69) is 10.1 Å². The summed E-state index contributed by atoms with van der Waals surface area (Å²) in [5.41, 5.74) is 0.465. The van der Waals surface area contributed by atoms with E-state index >= 15 is 0 Å². The molecule has 1 heterocycles. The van der Waals surface area contributed by atoms with Crippen LogP contribution in [0.5, 0.6) is 0 Å². The van der Waals surface area contributed by atoms with Crippen molar-refractivity contribution in [1.82, 2.24) is 4.98 Å². The van der Waals surface area contributed by atoms with Gasteiger partial charge in [0.15, 0.2) is 0 Å². The van der Waals surface area contributed by atoms with E-state index in [0.29, 0.717) is 10.7 Å². The summed E-state index contributed by atoms with van der Waals surface area (Å²) in [6.45, 7) is 0. The van der Waals surface area contributed by atoms with E-state index in [9.17, 15) is 0 Å². The van der Waals surface area contributed by atoms with Crippen LogP contribution < -0.4 is 0 Å². The van der Waals surface area contributed by atoms with Crippen LogP contribution in [0.4, 0.5) is 0 Å². The number of nitrogens with zero attached hydrogens (tertiary/aromatic N) is 2. The fourth-order valence-corrected chi connectivity index (χ4v) is 0.718. The number of pyridine rings is 1. The van der Waals surface area contributed by atoms with Crippen molar-refractivity contribution >= 4 is 17.8 Å². The lowest BCUT2D eigenvalue weighted by molar-refractivity contribution is 0.321. The molecule has 1 N–H and O–H groups in total. The van der Waals surface area contributed by atoms with E-state index in [-0.39, 0.29) is 0 Å². The fourth-order valence-electron chi connectivity index (χ4n) is 0.548. The van der Waals surface area contributed by atoms with Gasteiger partial charge in [-0.15, -0.1) is 0 Å². The van der Waals surface area contributed by atoms with Crippen LogP contribution >= 0.6 is 11.6 Å². The van der Waals surface area contributed by atoms with Crippen molar-refractivity contribution in [3.63, 3.8) is 0 Å². The molecule has 10 heavy (non-hydrogen) atoms. The number of hydrogen-bond donors (Lipinski definition) is 1. The second-order valence-electron chi connectivity index (χ2n) is 1.62. The van der Waals surface area contributed by atoms with Gasteiger partial charge in [0.25, 0.3) is 0 Å². The summed E-state index contributed by atoms with van der Waals surface area (Å²) < 4.78 is 0. The van der Waals surface area contributed by atoms with E-state index in [1.165, 1.54) is 6.21 Å². The number of halogens is 1. The monoisotopic (exact) mass is 156 g/mol. The third kappa shape index (κ3) is 1.45. The van der Waals surface area contributed by atoms with Crippen molar-refractivity contribution < 1.29 is 5.21 Å². The summed E-state index contributed by atoms with van der Waals surface area (Å²) in [6.07, 6.45) is 2.76. The molecule has 0 aliphatic heterocycles. The minimum atomic E-state index is 0.465. The van der Waals surface area contributed by atoms with Crippen molar-refractivity contribution in [2.24, 2.45) is 5.16 Å². The Labute approximate surface area is 63.0 Å². The zero-order valence-electron chi connectivity index (χ0n) is 5.03. The smallest absolute Gasteiger partial charge is 0.103 e. The first-order valence-electron chi connectivity index (χ1n) is 2.62. The maximum Gasteiger partial charge on any atom is 0.103 e. The molecule has 0 radical (unpaired) electrons. The summed E-state index contributed by atoms with van der Waals surface area (Å²) in [6, 6.07) is 3.38. The van der Waals surface area contributed by atoms with Gasteiger partial charge in [0.2, 0.25) is 0 Å². The molecule has 0 saturated carbocycles. The number of rotatable bonds is 1. The molecule has 52 valence electrons. The molecular formula is C6H5ClN2O. The number of hydrogen-bond acceptors (Lipinski definition) is 3. The maximum atomic E-state index is 8.11. The molecule has 3 nitrogen and oxygen atoms in total. The van der Waals surface area contributed by atoms with Crippen LogP contribution in [0.1, 0.15) is 5.69 Å². The van der Waals surface area contributed by atoms with Crippen LogP contribution in [0.3, 0.4) is 0 Å². The molecule has 1 aromatic heterocycles.